The second kappa shape index (κ2) is 6.20. The minimum absolute atomic E-state index is 0.156. The highest BCUT2D eigenvalue weighted by Crippen LogP contribution is 2.10. The van der Waals surface area contributed by atoms with Crippen molar-refractivity contribution in [2.75, 3.05) is 12.3 Å². The first-order chi connectivity index (χ1) is 8.02. The molecule has 1 rings (SSSR count). The first kappa shape index (κ1) is 13.4. The van der Waals surface area contributed by atoms with E-state index >= 15 is 0 Å². The predicted molar refractivity (Wildman–Crippen MR) is 64.1 cm³/mol. The summed E-state index contributed by atoms with van der Waals surface area (Å²) in [5.41, 5.74) is 5.79. The molecule has 4 N–H and O–H groups in total. The Balaban J connectivity index is 2.58. The lowest BCUT2D eigenvalue weighted by Crippen LogP contribution is -2.32. The van der Waals surface area contributed by atoms with Crippen LogP contribution in [0.2, 0.25) is 0 Å². The van der Waals surface area contributed by atoms with E-state index in [-0.39, 0.29) is 17.8 Å². The van der Waals surface area contributed by atoms with Gasteiger partial charge in [-0.15, -0.1) is 0 Å². The summed E-state index contributed by atoms with van der Waals surface area (Å²) in [5.74, 6) is -0.990. The van der Waals surface area contributed by atoms with Crippen LogP contribution in [0.3, 0.4) is 0 Å². The van der Waals surface area contributed by atoms with Gasteiger partial charge < -0.3 is 16.2 Å². The van der Waals surface area contributed by atoms with Crippen molar-refractivity contribution in [2.24, 2.45) is 0 Å². The molecule has 94 valence electrons. The van der Waals surface area contributed by atoms with Crippen molar-refractivity contribution in [3.05, 3.63) is 29.6 Å². The topological polar surface area (TPSA) is 75.3 Å². The molecule has 0 saturated heterocycles. The molecule has 0 aromatic heterocycles. The van der Waals surface area contributed by atoms with Crippen LogP contribution in [0, 0.1) is 5.82 Å². The highest BCUT2D eigenvalue weighted by molar-refractivity contribution is 5.95. The number of hydrogen-bond acceptors (Lipinski definition) is 3. The molecule has 1 amide bonds. The third-order valence-electron chi connectivity index (χ3n) is 2.30. The number of amides is 1. The summed E-state index contributed by atoms with van der Waals surface area (Å²) in [6, 6.07) is 3.64. The van der Waals surface area contributed by atoms with Gasteiger partial charge in [0.1, 0.15) is 5.82 Å². The summed E-state index contributed by atoms with van der Waals surface area (Å²) in [7, 11) is 0. The number of nitrogens with two attached hydrogens (primary N) is 1. The normalized spacial score (nSPS) is 12.2. The van der Waals surface area contributed by atoms with Gasteiger partial charge in [-0.1, -0.05) is 13.3 Å². The van der Waals surface area contributed by atoms with E-state index < -0.39 is 17.8 Å². The minimum Gasteiger partial charge on any atom is -0.399 e. The summed E-state index contributed by atoms with van der Waals surface area (Å²) in [5, 5.41) is 12.0. The third-order valence-corrected chi connectivity index (χ3v) is 2.30. The molecular formula is C12H17FN2O2. The Morgan fingerprint density at radius 1 is 1.53 bits per heavy atom. The maximum atomic E-state index is 13.0. The number of halogens is 1. The molecule has 0 bridgehead atoms. The number of hydrogen-bond donors (Lipinski definition) is 3. The van der Waals surface area contributed by atoms with Gasteiger partial charge in [0.05, 0.1) is 6.10 Å². The fourth-order valence-electron chi connectivity index (χ4n) is 1.49. The van der Waals surface area contributed by atoms with E-state index in [1.54, 1.807) is 0 Å². The number of carbonyl (C=O) groups is 1. The van der Waals surface area contributed by atoms with E-state index in [1.807, 2.05) is 6.92 Å². The van der Waals surface area contributed by atoms with Gasteiger partial charge in [0.2, 0.25) is 0 Å². The number of aliphatic hydroxyl groups excluding tert-OH is 1. The molecule has 0 aliphatic rings. The highest BCUT2D eigenvalue weighted by atomic mass is 19.1. The number of nitrogens with one attached hydrogen (secondary N) is 1. The Morgan fingerprint density at radius 2 is 2.24 bits per heavy atom. The molecular weight excluding hydrogens is 223 g/mol. The second-order valence-corrected chi connectivity index (χ2v) is 3.93. The van der Waals surface area contributed by atoms with E-state index in [0.717, 1.165) is 18.6 Å². The zero-order valence-electron chi connectivity index (χ0n) is 9.74. The zero-order chi connectivity index (χ0) is 12.8. The minimum atomic E-state index is -0.574. The first-order valence-electron chi connectivity index (χ1n) is 5.55. The van der Waals surface area contributed by atoms with Crippen LogP contribution in [0.25, 0.3) is 0 Å². The summed E-state index contributed by atoms with van der Waals surface area (Å²) in [6.07, 6.45) is 0.880. The van der Waals surface area contributed by atoms with Crippen LogP contribution in [0.1, 0.15) is 30.1 Å². The van der Waals surface area contributed by atoms with E-state index in [9.17, 15) is 14.3 Å². The summed E-state index contributed by atoms with van der Waals surface area (Å²) < 4.78 is 13.0. The molecule has 0 aliphatic carbocycles. The Bertz CT molecular complexity index is 376. The van der Waals surface area contributed by atoms with Gasteiger partial charge in [-0.2, -0.15) is 0 Å². The fourth-order valence-corrected chi connectivity index (χ4v) is 1.49. The van der Waals surface area contributed by atoms with Crippen molar-refractivity contribution in [3.8, 4) is 0 Å². The van der Waals surface area contributed by atoms with Gasteiger partial charge in [0, 0.05) is 17.8 Å². The lowest BCUT2D eigenvalue weighted by molar-refractivity contribution is 0.0909. The zero-order valence-corrected chi connectivity index (χ0v) is 9.74. The van der Waals surface area contributed by atoms with Gasteiger partial charge >= 0.3 is 0 Å². The van der Waals surface area contributed by atoms with E-state index in [1.165, 1.54) is 6.07 Å². The monoisotopic (exact) mass is 240 g/mol. The number of nitrogen functional groups attached to an aromatic ring is 1. The first-order valence-corrected chi connectivity index (χ1v) is 5.55. The third kappa shape index (κ3) is 4.40. The number of aliphatic hydroxyl groups is 1. The Labute approximate surface area is 99.6 Å². The molecule has 0 spiro atoms. The average Bonchev–Trinajstić information content (AvgIpc) is 2.25. The molecule has 17 heavy (non-hydrogen) atoms. The van der Waals surface area contributed by atoms with Crippen LogP contribution < -0.4 is 11.1 Å². The van der Waals surface area contributed by atoms with Crippen LogP contribution in [-0.4, -0.2) is 23.7 Å². The molecule has 0 heterocycles. The molecule has 0 saturated carbocycles. The summed E-state index contributed by atoms with van der Waals surface area (Å²) in [6.45, 7) is 2.10. The van der Waals surface area contributed by atoms with Crippen LogP contribution in [-0.2, 0) is 0 Å². The van der Waals surface area contributed by atoms with Crippen LogP contribution >= 0.6 is 0 Å². The molecule has 0 radical (unpaired) electrons. The lowest BCUT2D eigenvalue weighted by atomic mass is 10.1. The standard InChI is InChI=1S/C12H17FN2O2/c1-2-3-11(16)7-15-12(17)8-4-9(13)6-10(14)5-8/h4-6,11,16H,2-3,7,14H2,1H3,(H,15,17). The molecule has 0 aliphatic heterocycles. The average molecular weight is 240 g/mol. The Hall–Kier alpha value is -1.62. The number of carbonyl (C=O) groups excluding carboxylic acids is 1. The van der Waals surface area contributed by atoms with Gasteiger partial charge in [-0.25, -0.2) is 4.39 Å². The van der Waals surface area contributed by atoms with Crippen molar-refractivity contribution < 1.29 is 14.3 Å². The summed E-state index contributed by atoms with van der Waals surface area (Å²) >= 11 is 0. The predicted octanol–water partition coefficient (Wildman–Crippen LogP) is 1.30. The fraction of sp³-hybridized carbons (Fsp3) is 0.417. The number of rotatable bonds is 5. The van der Waals surface area contributed by atoms with Crippen LogP contribution in [0.5, 0.6) is 0 Å². The Kier molecular flexibility index (Phi) is 4.90. The quantitative estimate of drug-likeness (QED) is 0.679. The van der Waals surface area contributed by atoms with Crippen molar-refractivity contribution in [1.29, 1.82) is 0 Å². The molecule has 4 nitrogen and oxygen atoms in total. The summed E-state index contributed by atoms with van der Waals surface area (Å²) in [4.78, 5) is 11.6. The van der Waals surface area contributed by atoms with Crippen molar-refractivity contribution >= 4 is 11.6 Å². The van der Waals surface area contributed by atoms with Gasteiger partial charge in [0.15, 0.2) is 0 Å². The van der Waals surface area contributed by atoms with E-state index in [4.69, 9.17) is 5.73 Å². The maximum Gasteiger partial charge on any atom is 0.251 e. The van der Waals surface area contributed by atoms with Gasteiger partial charge in [0.25, 0.3) is 5.91 Å². The second-order valence-electron chi connectivity index (χ2n) is 3.93. The molecule has 0 fully saturated rings. The SMILES string of the molecule is CCCC(O)CNC(=O)c1cc(N)cc(F)c1. The molecule has 1 unspecified atom stereocenters. The van der Waals surface area contributed by atoms with Crippen LogP contribution in [0.4, 0.5) is 10.1 Å². The lowest BCUT2D eigenvalue weighted by Gasteiger charge is -2.11. The van der Waals surface area contributed by atoms with Crippen molar-refractivity contribution in [1.82, 2.24) is 5.32 Å². The number of benzene rings is 1. The molecule has 5 heteroatoms. The van der Waals surface area contributed by atoms with Gasteiger partial charge in [-0.3, -0.25) is 4.79 Å². The smallest absolute Gasteiger partial charge is 0.251 e. The molecule has 1 aromatic rings. The maximum absolute atomic E-state index is 13.0. The van der Waals surface area contributed by atoms with Crippen molar-refractivity contribution in [2.45, 2.75) is 25.9 Å². The van der Waals surface area contributed by atoms with Crippen LogP contribution in [0.15, 0.2) is 18.2 Å². The van der Waals surface area contributed by atoms with E-state index in [2.05, 4.69) is 5.32 Å². The highest BCUT2D eigenvalue weighted by Gasteiger charge is 2.10. The molecule has 1 atom stereocenters. The number of anilines is 1. The Morgan fingerprint density at radius 3 is 2.82 bits per heavy atom. The van der Waals surface area contributed by atoms with Gasteiger partial charge in [-0.05, 0) is 24.6 Å². The molecule has 1 aromatic carbocycles. The largest absolute Gasteiger partial charge is 0.399 e. The van der Waals surface area contributed by atoms with Crippen molar-refractivity contribution in [3.63, 3.8) is 0 Å². The van der Waals surface area contributed by atoms with E-state index in [0.29, 0.717) is 6.42 Å².